The van der Waals surface area contributed by atoms with E-state index in [4.69, 9.17) is 27.9 Å². The number of nitrogens with zero attached hydrogens (tertiary/aromatic N) is 2. The zero-order valence-electron chi connectivity index (χ0n) is 9.94. The molecular formula is C11H12Cl2N2O3. The predicted molar refractivity (Wildman–Crippen MR) is 67.9 cm³/mol. The largest absolute Gasteiger partial charge is 0.465 e. The Labute approximate surface area is 115 Å². The molecule has 0 N–H and O–H groups in total. The lowest BCUT2D eigenvalue weighted by Crippen LogP contribution is -2.33. The van der Waals surface area contributed by atoms with Crippen LogP contribution in [0.3, 0.4) is 0 Å². The third-order valence-corrected chi connectivity index (χ3v) is 2.55. The standard InChI is InChI=1S/C11H12Cl2N2O3/c1-3-18-9(16)6-15(2)11(17)10-7(12)4-5-8(13)14-10/h4-5H,3,6H2,1-2H3. The molecule has 1 aromatic rings. The number of pyridine rings is 1. The van der Waals surface area contributed by atoms with Crippen molar-refractivity contribution in [1.82, 2.24) is 9.88 Å². The van der Waals surface area contributed by atoms with Crippen molar-refractivity contribution < 1.29 is 14.3 Å². The maximum atomic E-state index is 12.0. The Hall–Kier alpha value is -1.33. The zero-order chi connectivity index (χ0) is 13.7. The molecule has 1 rings (SSSR count). The molecule has 0 atom stereocenters. The van der Waals surface area contributed by atoms with E-state index in [0.717, 1.165) is 0 Å². The second-order valence-electron chi connectivity index (χ2n) is 3.43. The number of hydrogen-bond donors (Lipinski definition) is 0. The topological polar surface area (TPSA) is 59.5 Å². The summed E-state index contributed by atoms with van der Waals surface area (Å²) in [6, 6.07) is 2.95. The van der Waals surface area contributed by atoms with Crippen molar-refractivity contribution >= 4 is 35.1 Å². The highest BCUT2D eigenvalue weighted by molar-refractivity contribution is 6.34. The Balaban J connectivity index is 2.80. The fraction of sp³-hybridized carbons (Fsp3) is 0.364. The van der Waals surface area contributed by atoms with Crippen LogP contribution in [-0.4, -0.2) is 42.0 Å². The van der Waals surface area contributed by atoms with Crippen molar-refractivity contribution in [2.24, 2.45) is 0 Å². The van der Waals surface area contributed by atoms with Gasteiger partial charge in [0.05, 0.1) is 11.6 Å². The van der Waals surface area contributed by atoms with Gasteiger partial charge in [0.25, 0.3) is 5.91 Å². The molecular weight excluding hydrogens is 279 g/mol. The molecule has 1 amide bonds. The fourth-order valence-electron chi connectivity index (χ4n) is 1.22. The Kier molecular flexibility index (Phi) is 5.37. The highest BCUT2D eigenvalue weighted by atomic mass is 35.5. The van der Waals surface area contributed by atoms with Crippen LogP contribution in [0.1, 0.15) is 17.4 Å². The van der Waals surface area contributed by atoms with E-state index in [1.165, 1.54) is 24.1 Å². The monoisotopic (exact) mass is 290 g/mol. The Morgan fingerprint density at radius 3 is 2.67 bits per heavy atom. The smallest absolute Gasteiger partial charge is 0.325 e. The second-order valence-corrected chi connectivity index (χ2v) is 4.23. The Bertz CT molecular complexity index is 466. The lowest BCUT2D eigenvalue weighted by Gasteiger charge is -2.16. The summed E-state index contributed by atoms with van der Waals surface area (Å²) in [5, 5.41) is 0.340. The molecule has 0 spiro atoms. The molecule has 5 nitrogen and oxygen atoms in total. The van der Waals surface area contributed by atoms with E-state index in [9.17, 15) is 9.59 Å². The number of carbonyl (C=O) groups excluding carboxylic acids is 2. The molecule has 1 aromatic heterocycles. The molecule has 0 saturated heterocycles. The summed E-state index contributed by atoms with van der Waals surface area (Å²) in [6.45, 7) is 1.78. The minimum atomic E-state index is -0.494. The van der Waals surface area contributed by atoms with Gasteiger partial charge in [-0.05, 0) is 19.1 Å². The fourth-order valence-corrected chi connectivity index (χ4v) is 1.55. The molecule has 18 heavy (non-hydrogen) atoms. The van der Waals surface area contributed by atoms with Gasteiger partial charge in [0.15, 0.2) is 0 Å². The quantitative estimate of drug-likeness (QED) is 0.629. The number of amides is 1. The Morgan fingerprint density at radius 2 is 2.06 bits per heavy atom. The zero-order valence-corrected chi connectivity index (χ0v) is 11.5. The van der Waals surface area contributed by atoms with Crippen molar-refractivity contribution in [3.8, 4) is 0 Å². The molecule has 0 aliphatic rings. The SMILES string of the molecule is CCOC(=O)CN(C)C(=O)c1nc(Cl)ccc1Cl. The van der Waals surface area contributed by atoms with E-state index < -0.39 is 11.9 Å². The average molecular weight is 291 g/mol. The van der Waals surface area contributed by atoms with Gasteiger partial charge in [-0.1, -0.05) is 23.2 Å². The number of hydrogen-bond acceptors (Lipinski definition) is 4. The van der Waals surface area contributed by atoms with E-state index in [0.29, 0.717) is 0 Å². The van der Waals surface area contributed by atoms with Gasteiger partial charge in [-0.15, -0.1) is 0 Å². The van der Waals surface area contributed by atoms with Gasteiger partial charge in [-0.25, -0.2) is 4.98 Å². The third kappa shape index (κ3) is 3.85. The van der Waals surface area contributed by atoms with Crippen LogP contribution < -0.4 is 0 Å². The van der Waals surface area contributed by atoms with Crippen molar-refractivity contribution in [3.05, 3.63) is 28.0 Å². The van der Waals surface area contributed by atoms with Crippen LogP contribution in [0.25, 0.3) is 0 Å². The minimum Gasteiger partial charge on any atom is -0.465 e. The van der Waals surface area contributed by atoms with Crippen molar-refractivity contribution in [3.63, 3.8) is 0 Å². The molecule has 0 unspecified atom stereocenters. The maximum absolute atomic E-state index is 12.0. The second kappa shape index (κ2) is 6.56. The van der Waals surface area contributed by atoms with E-state index in [2.05, 4.69) is 4.98 Å². The van der Waals surface area contributed by atoms with Crippen LogP contribution in [0, 0.1) is 0 Å². The van der Waals surface area contributed by atoms with Gasteiger partial charge < -0.3 is 9.64 Å². The van der Waals surface area contributed by atoms with Gasteiger partial charge in [0.2, 0.25) is 0 Å². The minimum absolute atomic E-state index is 0.0102. The lowest BCUT2D eigenvalue weighted by molar-refractivity contribution is -0.143. The molecule has 1 heterocycles. The molecule has 0 radical (unpaired) electrons. The van der Waals surface area contributed by atoms with Crippen molar-refractivity contribution in [2.45, 2.75) is 6.92 Å². The molecule has 0 aliphatic heterocycles. The highest BCUT2D eigenvalue weighted by Crippen LogP contribution is 2.18. The summed E-state index contributed by atoms with van der Waals surface area (Å²) in [5.74, 6) is -0.984. The van der Waals surface area contributed by atoms with Crippen molar-refractivity contribution in [2.75, 3.05) is 20.2 Å². The van der Waals surface area contributed by atoms with E-state index in [1.54, 1.807) is 6.92 Å². The van der Waals surface area contributed by atoms with Gasteiger partial charge in [0, 0.05) is 7.05 Å². The number of halogens is 2. The number of carbonyl (C=O) groups is 2. The van der Waals surface area contributed by atoms with Gasteiger partial charge in [0.1, 0.15) is 17.4 Å². The van der Waals surface area contributed by atoms with Crippen LogP contribution in [0.2, 0.25) is 10.2 Å². The third-order valence-electron chi connectivity index (χ3n) is 2.03. The Morgan fingerprint density at radius 1 is 1.39 bits per heavy atom. The van der Waals surface area contributed by atoms with E-state index >= 15 is 0 Å². The summed E-state index contributed by atoms with van der Waals surface area (Å²) in [5.41, 5.74) is 0.0102. The maximum Gasteiger partial charge on any atom is 0.325 e. The van der Waals surface area contributed by atoms with Gasteiger partial charge in [-0.2, -0.15) is 0 Å². The molecule has 0 aromatic carbocycles. The number of ether oxygens (including phenoxy) is 1. The average Bonchev–Trinajstić information content (AvgIpc) is 2.31. The van der Waals surface area contributed by atoms with Gasteiger partial charge in [-0.3, -0.25) is 9.59 Å². The van der Waals surface area contributed by atoms with Gasteiger partial charge >= 0.3 is 5.97 Å². The molecule has 0 aliphatic carbocycles. The number of likely N-dealkylation sites (N-methyl/N-ethyl adjacent to an activating group) is 1. The van der Waals surface area contributed by atoms with Crippen LogP contribution in [0.4, 0.5) is 0 Å². The van der Waals surface area contributed by atoms with Crippen molar-refractivity contribution in [1.29, 1.82) is 0 Å². The van der Waals surface area contributed by atoms with Crippen LogP contribution >= 0.6 is 23.2 Å². The molecule has 0 saturated carbocycles. The summed E-state index contributed by atoms with van der Waals surface area (Å²) in [6.07, 6.45) is 0. The number of rotatable bonds is 4. The van der Waals surface area contributed by atoms with Crippen LogP contribution in [0.5, 0.6) is 0 Å². The first-order chi connectivity index (χ1) is 8.45. The first kappa shape index (κ1) is 14.7. The summed E-state index contributed by atoms with van der Waals surface area (Å²) in [7, 11) is 1.46. The van der Waals surface area contributed by atoms with Crippen LogP contribution in [0.15, 0.2) is 12.1 Å². The molecule has 0 fully saturated rings. The number of esters is 1. The van der Waals surface area contributed by atoms with E-state index in [-0.39, 0.29) is 29.0 Å². The summed E-state index contributed by atoms with van der Waals surface area (Å²) < 4.78 is 4.74. The lowest BCUT2D eigenvalue weighted by atomic mass is 10.3. The summed E-state index contributed by atoms with van der Waals surface area (Å²) >= 11 is 11.5. The highest BCUT2D eigenvalue weighted by Gasteiger charge is 2.19. The van der Waals surface area contributed by atoms with Crippen LogP contribution in [-0.2, 0) is 9.53 Å². The molecule has 7 heteroatoms. The first-order valence-electron chi connectivity index (χ1n) is 5.18. The number of aromatic nitrogens is 1. The summed E-state index contributed by atoms with van der Waals surface area (Å²) in [4.78, 5) is 28.2. The molecule has 98 valence electrons. The normalized spacial score (nSPS) is 10.0. The first-order valence-corrected chi connectivity index (χ1v) is 5.94. The predicted octanol–water partition coefficient (Wildman–Crippen LogP) is 2.02. The molecule has 0 bridgehead atoms. The van der Waals surface area contributed by atoms with E-state index in [1.807, 2.05) is 0 Å².